The smallest absolute Gasteiger partial charge is 0.0739 e. The molecule has 1 saturated carbocycles. The normalized spacial score (nSPS) is 24.4. The second-order valence-electron chi connectivity index (χ2n) is 5.22. The lowest BCUT2D eigenvalue weighted by molar-refractivity contribution is 0.344. The van der Waals surface area contributed by atoms with Crippen molar-refractivity contribution >= 4 is 27.5 Å². The lowest BCUT2D eigenvalue weighted by Gasteiger charge is -2.25. The Labute approximate surface area is 122 Å². The van der Waals surface area contributed by atoms with E-state index >= 15 is 0 Å². The van der Waals surface area contributed by atoms with Gasteiger partial charge in [0.15, 0.2) is 0 Å². The molecule has 1 aromatic heterocycles. The van der Waals surface area contributed by atoms with Crippen LogP contribution in [0.3, 0.4) is 0 Å². The van der Waals surface area contributed by atoms with Gasteiger partial charge in [-0.3, -0.25) is 4.68 Å². The molecule has 1 aliphatic rings. The molecule has 0 saturated heterocycles. The molecule has 102 valence electrons. The molecule has 1 N–H and O–H groups in total. The summed E-state index contributed by atoms with van der Waals surface area (Å²) >= 11 is 9.71. The summed E-state index contributed by atoms with van der Waals surface area (Å²) in [5.74, 6) is 0.785. The van der Waals surface area contributed by atoms with Gasteiger partial charge in [-0.25, -0.2) is 0 Å². The first-order valence-electron chi connectivity index (χ1n) is 6.60. The first-order valence-corrected chi connectivity index (χ1v) is 7.83. The van der Waals surface area contributed by atoms with E-state index in [2.05, 4.69) is 26.3 Å². The van der Waals surface area contributed by atoms with Crippen LogP contribution in [0.4, 0.5) is 0 Å². The number of halogens is 2. The molecule has 18 heavy (non-hydrogen) atoms. The summed E-state index contributed by atoms with van der Waals surface area (Å²) in [4.78, 5) is 0. The number of nitrogens with zero attached hydrogens (tertiary/aromatic N) is 2. The number of alkyl halides is 1. The zero-order valence-corrected chi connectivity index (χ0v) is 13.4. The first kappa shape index (κ1) is 14.4. The fourth-order valence-electron chi connectivity index (χ4n) is 2.59. The van der Waals surface area contributed by atoms with Crippen molar-refractivity contribution in [3.63, 3.8) is 0 Å². The Kier molecular flexibility index (Phi) is 5.10. The van der Waals surface area contributed by atoms with Crippen LogP contribution in [0.25, 0.3) is 0 Å². The van der Waals surface area contributed by atoms with Crippen LogP contribution in [0.1, 0.15) is 37.1 Å². The van der Waals surface area contributed by atoms with E-state index in [1.165, 1.54) is 31.4 Å². The van der Waals surface area contributed by atoms with Gasteiger partial charge in [-0.1, -0.05) is 0 Å². The van der Waals surface area contributed by atoms with Crippen molar-refractivity contribution in [1.82, 2.24) is 15.1 Å². The minimum atomic E-state index is 0.412. The van der Waals surface area contributed by atoms with Crippen molar-refractivity contribution in [2.24, 2.45) is 13.0 Å². The van der Waals surface area contributed by atoms with Gasteiger partial charge in [-0.05, 0) is 61.0 Å². The Morgan fingerprint density at radius 1 is 1.39 bits per heavy atom. The third-order valence-corrected chi connectivity index (χ3v) is 5.23. The average Bonchev–Trinajstić information content (AvgIpc) is 2.58. The molecule has 0 unspecified atom stereocenters. The van der Waals surface area contributed by atoms with Gasteiger partial charge in [-0.2, -0.15) is 5.10 Å². The van der Waals surface area contributed by atoms with Gasteiger partial charge in [0.2, 0.25) is 0 Å². The molecule has 1 heterocycles. The van der Waals surface area contributed by atoms with Crippen LogP contribution in [0.5, 0.6) is 0 Å². The number of aromatic nitrogens is 2. The molecule has 0 spiro atoms. The van der Waals surface area contributed by atoms with Crippen molar-refractivity contribution in [3.05, 3.63) is 15.9 Å². The van der Waals surface area contributed by atoms with E-state index in [-0.39, 0.29) is 0 Å². The van der Waals surface area contributed by atoms with Crippen molar-refractivity contribution in [2.45, 2.75) is 44.5 Å². The second kappa shape index (κ2) is 6.40. The number of aryl methyl sites for hydroxylation is 2. The van der Waals surface area contributed by atoms with E-state index in [0.29, 0.717) is 5.38 Å². The van der Waals surface area contributed by atoms with Gasteiger partial charge in [0.25, 0.3) is 0 Å². The maximum Gasteiger partial charge on any atom is 0.0739 e. The minimum Gasteiger partial charge on any atom is -0.311 e. The third kappa shape index (κ3) is 3.49. The second-order valence-corrected chi connectivity index (χ2v) is 6.63. The van der Waals surface area contributed by atoms with Gasteiger partial charge >= 0.3 is 0 Å². The largest absolute Gasteiger partial charge is 0.311 e. The average molecular weight is 335 g/mol. The molecule has 1 fully saturated rings. The highest BCUT2D eigenvalue weighted by molar-refractivity contribution is 9.10. The Balaban J connectivity index is 1.78. The number of hydrogen-bond acceptors (Lipinski definition) is 2. The van der Waals surface area contributed by atoms with E-state index in [1.54, 1.807) is 0 Å². The standard InChI is InChI=1S/C13H21BrClN3/c1-9-13(14)12(18(2)17-9)8-16-7-10-3-5-11(15)6-4-10/h10-11,16H,3-8H2,1-2H3. The SMILES string of the molecule is Cc1nn(C)c(CNCC2CCC(Cl)CC2)c1Br. The Morgan fingerprint density at radius 3 is 2.61 bits per heavy atom. The fraction of sp³-hybridized carbons (Fsp3) is 0.769. The van der Waals surface area contributed by atoms with Crippen LogP contribution in [0, 0.1) is 12.8 Å². The third-order valence-electron chi connectivity index (χ3n) is 3.76. The lowest BCUT2D eigenvalue weighted by Crippen LogP contribution is -2.27. The summed E-state index contributed by atoms with van der Waals surface area (Å²) in [5, 5.41) is 8.36. The van der Waals surface area contributed by atoms with E-state index in [9.17, 15) is 0 Å². The molecule has 1 aliphatic carbocycles. The predicted molar refractivity (Wildman–Crippen MR) is 79.0 cm³/mol. The monoisotopic (exact) mass is 333 g/mol. The molecule has 3 nitrogen and oxygen atoms in total. The van der Waals surface area contributed by atoms with Gasteiger partial charge in [0.1, 0.15) is 0 Å². The number of rotatable bonds is 4. The van der Waals surface area contributed by atoms with Gasteiger partial charge in [0.05, 0.1) is 15.9 Å². The summed E-state index contributed by atoms with van der Waals surface area (Å²) in [7, 11) is 1.99. The van der Waals surface area contributed by atoms with Gasteiger partial charge < -0.3 is 5.32 Å². The molecule has 0 atom stereocenters. The van der Waals surface area contributed by atoms with Crippen LogP contribution in [0.2, 0.25) is 0 Å². The van der Waals surface area contributed by atoms with Crippen LogP contribution in [-0.4, -0.2) is 21.7 Å². The number of hydrogen-bond donors (Lipinski definition) is 1. The summed E-state index contributed by atoms with van der Waals surface area (Å²) in [6, 6.07) is 0. The summed E-state index contributed by atoms with van der Waals surface area (Å²) in [6.45, 7) is 3.98. The maximum absolute atomic E-state index is 6.12. The molecular weight excluding hydrogens is 314 g/mol. The zero-order chi connectivity index (χ0) is 13.1. The Morgan fingerprint density at radius 2 is 2.06 bits per heavy atom. The Hall–Kier alpha value is -0.0600. The van der Waals surface area contributed by atoms with Gasteiger partial charge in [0, 0.05) is 19.0 Å². The van der Waals surface area contributed by atoms with Crippen molar-refractivity contribution in [1.29, 1.82) is 0 Å². The van der Waals surface area contributed by atoms with Crippen LogP contribution >= 0.6 is 27.5 Å². The van der Waals surface area contributed by atoms with Crippen LogP contribution in [0.15, 0.2) is 4.47 Å². The molecule has 0 bridgehead atoms. The van der Waals surface area contributed by atoms with Crippen molar-refractivity contribution in [3.8, 4) is 0 Å². The van der Waals surface area contributed by atoms with E-state index in [4.69, 9.17) is 11.6 Å². The molecule has 1 aromatic rings. The van der Waals surface area contributed by atoms with Crippen molar-refractivity contribution < 1.29 is 0 Å². The molecule has 0 amide bonds. The highest BCUT2D eigenvalue weighted by atomic mass is 79.9. The van der Waals surface area contributed by atoms with E-state index < -0.39 is 0 Å². The Bertz CT molecular complexity index is 397. The molecule has 0 aromatic carbocycles. The minimum absolute atomic E-state index is 0.412. The first-order chi connectivity index (χ1) is 8.58. The molecule has 5 heteroatoms. The van der Waals surface area contributed by atoms with Gasteiger partial charge in [-0.15, -0.1) is 11.6 Å². The molecule has 2 rings (SSSR count). The predicted octanol–water partition coefficient (Wildman–Crippen LogP) is 3.38. The molecule has 0 radical (unpaired) electrons. The lowest BCUT2D eigenvalue weighted by atomic mass is 9.89. The van der Waals surface area contributed by atoms with Crippen LogP contribution in [-0.2, 0) is 13.6 Å². The molecular formula is C13H21BrClN3. The van der Waals surface area contributed by atoms with Crippen LogP contribution < -0.4 is 5.32 Å². The highest BCUT2D eigenvalue weighted by Crippen LogP contribution is 2.27. The maximum atomic E-state index is 6.12. The zero-order valence-electron chi connectivity index (χ0n) is 11.0. The molecule has 0 aliphatic heterocycles. The summed E-state index contributed by atoms with van der Waals surface area (Å²) in [5.41, 5.74) is 2.27. The highest BCUT2D eigenvalue weighted by Gasteiger charge is 2.19. The van der Waals surface area contributed by atoms with Crippen molar-refractivity contribution in [2.75, 3.05) is 6.54 Å². The quantitative estimate of drug-likeness (QED) is 0.856. The fourth-order valence-corrected chi connectivity index (χ4v) is 3.32. The van der Waals surface area contributed by atoms with E-state index in [1.807, 2.05) is 18.7 Å². The summed E-state index contributed by atoms with van der Waals surface area (Å²) < 4.78 is 3.07. The summed E-state index contributed by atoms with van der Waals surface area (Å²) in [6.07, 6.45) is 4.85. The van der Waals surface area contributed by atoms with E-state index in [0.717, 1.165) is 29.2 Å². The topological polar surface area (TPSA) is 29.9 Å². The number of nitrogens with one attached hydrogen (secondary N) is 1.